The van der Waals surface area contributed by atoms with Crippen molar-refractivity contribution in [1.82, 2.24) is 0 Å². The zero-order valence-corrected chi connectivity index (χ0v) is 6.71. The van der Waals surface area contributed by atoms with E-state index < -0.39 is 11.6 Å². The van der Waals surface area contributed by atoms with Gasteiger partial charge in [0, 0.05) is 5.57 Å². The molecule has 0 aromatic rings. The topological polar surface area (TPSA) is 80.3 Å². The van der Waals surface area contributed by atoms with Gasteiger partial charge >= 0.3 is 0 Å². The molecule has 0 aromatic heterocycles. The number of halogens is 1. The van der Waals surface area contributed by atoms with Crippen molar-refractivity contribution in [3.63, 3.8) is 0 Å². The lowest BCUT2D eigenvalue weighted by Crippen LogP contribution is -1.94. The summed E-state index contributed by atoms with van der Waals surface area (Å²) in [5, 5.41) is 19.0. The summed E-state index contributed by atoms with van der Waals surface area (Å²) in [5.74, 6) is -1.41. The van der Waals surface area contributed by atoms with E-state index in [9.17, 15) is 4.39 Å². The third kappa shape index (κ3) is 2.08. The second kappa shape index (κ2) is 3.75. The Hall–Kier alpha value is -1.78. The molecule has 0 amide bonds. The van der Waals surface area contributed by atoms with Crippen molar-refractivity contribution in [2.45, 2.75) is 6.42 Å². The molecule has 0 spiro atoms. The van der Waals surface area contributed by atoms with E-state index in [0.717, 1.165) is 12.2 Å². The molecule has 3 N–H and O–H groups in total. The number of aliphatic hydroxyl groups excluding tert-OH is 1. The van der Waals surface area contributed by atoms with E-state index in [1.54, 1.807) is 0 Å². The summed E-state index contributed by atoms with van der Waals surface area (Å²) in [4.78, 5) is 0. The zero-order chi connectivity index (χ0) is 9.84. The standard InChI is InChI=1S/C8H8FN3O/c9-6-3-1-5(8(10)12-11)2-4-7(6)13/h2-4,10-11,13H,1H2. The van der Waals surface area contributed by atoms with Crippen LogP contribution in [0.15, 0.2) is 40.5 Å². The fraction of sp³-hybridized carbons (Fsp3) is 0.125. The molecule has 5 heteroatoms. The van der Waals surface area contributed by atoms with Crippen molar-refractivity contribution in [1.29, 1.82) is 10.9 Å². The maximum atomic E-state index is 12.7. The molecule has 0 unspecified atom stereocenters. The van der Waals surface area contributed by atoms with Gasteiger partial charge in [-0.1, -0.05) is 6.08 Å². The molecule has 4 nitrogen and oxygen atoms in total. The number of nitrogens with zero attached hydrogens (tertiary/aromatic N) is 1. The Balaban J connectivity index is 2.95. The summed E-state index contributed by atoms with van der Waals surface area (Å²) in [5.41, 5.74) is 6.98. The van der Waals surface area contributed by atoms with Gasteiger partial charge in [0.2, 0.25) is 0 Å². The SMILES string of the molecule is N=NC(=N)C1=CC=C(O)C(F)=CC1. The van der Waals surface area contributed by atoms with Crippen LogP contribution in [0.5, 0.6) is 0 Å². The van der Waals surface area contributed by atoms with Crippen molar-refractivity contribution < 1.29 is 9.50 Å². The Morgan fingerprint density at radius 1 is 1.54 bits per heavy atom. The number of hydrogen-bond donors (Lipinski definition) is 3. The highest BCUT2D eigenvalue weighted by molar-refractivity contribution is 5.96. The van der Waals surface area contributed by atoms with Crippen molar-refractivity contribution in [3.05, 3.63) is 35.4 Å². The van der Waals surface area contributed by atoms with Gasteiger partial charge in [-0.05, 0) is 18.6 Å². The van der Waals surface area contributed by atoms with Crippen LogP contribution >= 0.6 is 0 Å². The average molecular weight is 181 g/mol. The molecule has 0 fully saturated rings. The zero-order valence-electron chi connectivity index (χ0n) is 6.71. The second-order valence-electron chi connectivity index (χ2n) is 2.46. The predicted octanol–water partition coefficient (Wildman–Crippen LogP) is 2.62. The van der Waals surface area contributed by atoms with Crippen LogP contribution in [-0.4, -0.2) is 10.9 Å². The molecular formula is C8H8FN3O. The van der Waals surface area contributed by atoms with Crippen molar-refractivity contribution >= 4 is 5.84 Å². The van der Waals surface area contributed by atoms with Gasteiger partial charge in [-0.2, -0.15) is 0 Å². The predicted molar refractivity (Wildman–Crippen MR) is 45.5 cm³/mol. The molecule has 13 heavy (non-hydrogen) atoms. The Labute approximate surface area is 74.1 Å². The minimum absolute atomic E-state index is 0.160. The quantitative estimate of drug-likeness (QED) is 0.324. The minimum Gasteiger partial charge on any atom is -0.505 e. The lowest BCUT2D eigenvalue weighted by atomic mass is 10.1. The molecule has 0 heterocycles. The average Bonchev–Trinajstić information content (AvgIpc) is 2.30. The highest BCUT2D eigenvalue weighted by Gasteiger charge is 2.08. The molecule has 0 aliphatic heterocycles. The largest absolute Gasteiger partial charge is 0.505 e. The van der Waals surface area contributed by atoms with Crippen LogP contribution in [0.4, 0.5) is 4.39 Å². The van der Waals surface area contributed by atoms with Gasteiger partial charge in [0.1, 0.15) is 0 Å². The molecule has 0 atom stereocenters. The molecule has 0 radical (unpaired) electrons. The first-order valence-corrected chi connectivity index (χ1v) is 3.57. The van der Waals surface area contributed by atoms with Gasteiger partial charge in [-0.25, -0.2) is 9.92 Å². The molecule has 68 valence electrons. The van der Waals surface area contributed by atoms with Crippen LogP contribution in [0.3, 0.4) is 0 Å². The fourth-order valence-electron chi connectivity index (χ4n) is 0.879. The van der Waals surface area contributed by atoms with Gasteiger partial charge in [0.15, 0.2) is 17.4 Å². The number of allylic oxidation sites excluding steroid dienone is 4. The lowest BCUT2D eigenvalue weighted by Gasteiger charge is -1.96. The number of rotatable bonds is 1. The maximum absolute atomic E-state index is 12.7. The Kier molecular flexibility index (Phi) is 2.69. The van der Waals surface area contributed by atoms with Crippen molar-refractivity contribution in [2.75, 3.05) is 0 Å². The van der Waals surface area contributed by atoms with Gasteiger partial charge in [0.05, 0.1) is 0 Å². The molecule has 0 aromatic carbocycles. The highest BCUT2D eigenvalue weighted by atomic mass is 19.1. The fourth-order valence-corrected chi connectivity index (χ4v) is 0.879. The van der Waals surface area contributed by atoms with E-state index in [1.807, 2.05) is 0 Å². The number of amidine groups is 1. The molecule has 0 bridgehead atoms. The first-order valence-electron chi connectivity index (χ1n) is 3.57. The molecular weight excluding hydrogens is 173 g/mol. The van der Waals surface area contributed by atoms with E-state index >= 15 is 0 Å². The monoisotopic (exact) mass is 181 g/mol. The van der Waals surface area contributed by atoms with Crippen LogP contribution < -0.4 is 0 Å². The van der Waals surface area contributed by atoms with Crippen LogP contribution in [0.1, 0.15) is 6.42 Å². The summed E-state index contributed by atoms with van der Waals surface area (Å²) in [7, 11) is 0. The third-order valence-electron chi connectivity index (χ3n) is 1.60. The van der Waals surface area contributed by atoms with Crippen LogP contribution in [0.25, 0.3) is 0 Å². The van der Waals surface area contributed by atoms with E-state index in [1.165, 1.54) is 6.08 Å². The number of nitrogens with one attached hydrogen (secondary N) is 2. The van der Waals surface area contributed by atoms with Crippen LogP contribution in [0.2, 0.25) is 0 Å². The number of aliphatic hydroxyl groups is 1. The van der Waals surface area contributed by atoms with Gasteiger partial charge < -0.3 is 5.11 Å². The Morgan fingerprint density at radius 2 is 2.23 bits per heavy atom. The second-order valence-corrected chi connectivity index (χ2v) is 2.46. The van der Waals surface area contributed by atoms with Crippen LogP contribution in [-0.2, 0) is 0 Å². The van der Waals surface area contributed by atoms with Crippen molar-refractivity contribution in [2.24, 2.45) is 5.11 Å². The molecule has 1 rings (SSSR count). The lowest BCUT2D eigenvalue weighted by molar-refractivity contribution is 0.389. The van der Waals surface area contributed by atoms with E-state index in [4.69, 9.17) is 16.0 Å². The smallest absolute Gasteiger partial charge is 0.169 e. The van der Waals surface area contributed by atoms with E-state index in [-0.39, 0.29) is 12.3 Å². The van der Waals surface area contributed by atoms with E-state index in [0.29, 0.717) is 5.57 Å². The number of hydrogen-bond acceptors (Lipinski definition) is 3. The van der Waals surface area contributed by atoms with Gasteiger partial charge in [0.25, 0.3) is 0 Å². The van der Waals surface area contributed by atoms with Gasteiger partial charge in [-0.3, -0.25) is 5.41 Å². The Morgan fingerprint density at radius 3 is 2.85 bits per heavy atom. The summed E-state index contributed by atoms with van der Waals surface area (Å²) in [6.45, 7) is 0. The molecule has 0 saturated carbocycles. The van der Waals surface area contributed by atoms with Crippen molar-refractivity contribution in [3.8, 4) is 0 Å². The van der Waals surface area contributed by atoms with Crippen LogP contribution in [0, 0.1) is 10.9 Å². The molecule has 0 saturated heterocycles. The summed E-state index contributed by atoms with van der Waals surface area (Å²) >= 11 is 0. The molecule has 1 aliphatic carbocycles. The van der Waals surface area contributed by atoms with E-state index in [2.05, 4.69) is 5.11 Å². The van der Waals surface area contributed by atoms with Gasteiger partial charge in [-0.15, -0.1) is 5.11 Å². The summed E-state index contributed by atoms with van der Waals surface area (Å²) < 4.78 is 12.7. The third-order valence-corrected chi connectivity index (χ3v) is 1.60. The minimum atomic E-state index is -0.718. The summed E-state index contributed by atoms with van der Waals surface area (Å²) in [6.07, 6.45) is 3.82. The first kappa shape index (κ1) is 9.31. The maximum Gasteiger partial charge on any atom is 0.169 e. The highest BCUT2D eigenvalue weighted by Crippen LogP contribution is 2.18. The molecule has 1 aliphatic rings. The Bertz CT molecular complexity index is 341. The normalized spacial score (nSPS) is 16.5. The first-order chi connectivity index (χ1) is 6.15. The summed E-state index contributed by atoms with van der Waals surface area (Å²) in [6, 6.07) is 0.